The smallest absolute Gasteiger partial charge is 0.338 e. The molecule has 1 heterocycles. The molecule has 1 aromatic carbocycles. The highest BCUT2D eigenvalue weighted by atomic mass is 127. The number of nitrogens with zero attached hydrogens (tertiary/aromatic N) is 1. The lowest BCUT2D eigenvalue weighted by atomic mass is 10.3. The van der Waals surface area contributed by atoms with E-state index >= 15 is 0 Å². The topological polar surface area (TPSA) is 67.9 Å². The van der Waals surface area contributed by atoms with Crippen LogP contribution in [0.2, 0.25) is 0 Å². The summed E-state index contributed by atoms with van der Waals surface area (Å²) in [5.41, 5.74) is 2.77. The predicted octanol–water partition coefficient (Wildman–Crippen LogP) is 0.532. The summed E-state index contributed by atoms with van der Waals surface area (Å²) in [7, 11) is 0. The van der Waals surface area contributed by atoms with Crippen LogP contribution >= 0.6 is 22.6 Å². The van der Waals surface area contributed by atoms with Crippen molar-refractivity contribution in [1.82, 2.24) is 5.59 Å². The van der Waals surface area contributed by atoms with Crippen molar-refractivity contribution < 1.29 is 19.3 Å². The third-order valence-corrected chi connectivity index (χ3v) is 2.55. The van der Waals surface area contributed by atoms with Crippen LogP contribution in [0.4, 0.5) is 5.69 Å². The van der Waals surface area contributed by atoms with E-state index in [0.717, 1.165) is 8.74 Å². The minimum absolute atomic E-state index is 0.582. The number of para-hydroxylation sites is 1. The van der Waals surface area contributed by atoms with Gasteiger partial charge in [0.2, 0.25) is 0 Å². The maximum atomic E-state index is 10.9. The van der Waals surface area contributed by atoms with Gasteiger partial charge in [-0.3, -0.25) is 0 Å². The van der Waals surface area contributed by atoms with E-state index in [0.29, 0.717) is 5.69 Å². The molecule has 15 heavy (non-hydrogen) atoms. The van der Waals surface area contributed by atoms with E-state index in [9.17, 15) is 9.59 Å². The van der Waals surface area contributed by atoms with Crippen LogP contribution in [-0.4, -0.2) is 11.9 Å². The number of carbonyl (C=O) groups is 2. The number of halogens is 1. The van der Waals surface area contributed by atoms with Gasteiger partial charge in [-0.15, -0.1) is 0 Å². The van der Waals surface area contributed by atoms with E-state index in [1.807, 2.05) is 12.1 Å². The number of nitrogens with one attached hydrogen (secondary N) is 1. The molecule has 1 N–H and O–H groups in total. The molecule has 0 saturated carbocycles. The molecule has 1 aromatic rings. The fourth-order valence-electron chi connectivity index (χ4n) is 0.978. The molecule has 1 saturated heterocycles. The predicted molar refractivity (Wildman–Crippen MR) is 57.0 cm³/mol. The molecule has 1 fully saturated rings. The highest BCUT2D eigenvalue weighted by molar-refractivity contribution is 14.1. The second-order valence-electron chi connectivity index (χ2n) is 2.61. The second kappa shape index (κ2) is 4.03. The maximum Gasteiger partial charge on any atom is 0.444 e. The number of hydrogen-bond acceptors (Lipinski definition) is 6. The van der Waals surface area contributed by atoms with Gasteiger partial charge in [0, 0.05) is 3.57 Å². The molecule has 1 aliphatic rings. The monoisotopic (exact) mass is 320 g/mol. The summed E-state index contributed by atoms with van der Waals surface area (Å²) in [5, 5.41) is 0.992. The quantitative estimate of drug-likeness (QED) is 0.601. The van der Waals surface area contributed by atoms with Crippen LogP contribution in [0.25, 0.3) is 0 Å². The highest BCUT2D eigenvalue weighted by Crippen LogP contribution is 2.21. The number of hydrogen-bond donors (Lipinski definition) is 1. The summed E-state index contributed by atoms with van der Waals surface area (Å²) in [6.07, 6.45) is 0. The number of benzene rings is 1. The van der Waals surface area contributed by atoms with Crippen molar-refractivity contribution in [3.8, 4) is 0 Å². The Hall–Kier alpha value is -1.35. The van der Waals surface area contributed by atoms with Gasteiger partial charge < -0.3 is 9.68 Å². The lowest BCUT2D eigenvalue weighted by molar-refractivity contribution is -0.192. The van der Waals surface area contributed by atoms with Crippen LogP contribution in [0.1, 0.15) is 0 Å². The Balaban J connectivity index is 2.23. The first-order chi connectivity index (χ1) is 7.18. The number of carbonyl (C=O) groups excluding carboxylic acids is 2. The fraction of sp³-hybridized carbons (Fsp3) is 0. The van der Waals surface area contributed by atoms with Crippen molar-refractivity contribution in [1.29, 1.82) is 0 Å². The van der Waals surface area contributed by atoms with E-state index in [1.54, 1.807) is 12.1 Å². The van der Waals surface area contributed by atoms with Crippen LogP contribution in [0.15, 0.2) is 24.3 Å². The Morgan fingerprint density at radius 1 is 1.20 bits per heavy atom. The molecular weight excluding hydrogens is 315 g/mol. The molecule has 78 valence electrons. The van der Waals surface area contributed by atoms with Gasteiger partial charge in [-0.1, -0.05) is 17.3 Å². The Kier molecular flexibility index (Phi) is 2.73. The fourth-order valence-corrected chi connectivity index (χ4v) is 1.58. The summed E-state index contributed by atoms with van der Waals surface area (Å²) < 4.78 is 0.841. The standard InChI is InChI=1S/C8H5IN2O4/c9-5-3-1-2-4-6(5)11-10-14-7(12)8(13)15-11/h1-4,10H. The lowest BCUT2D eigenvalue weighted by Gasteiger charge is -2.25. The van der Waals surface area contributed by atoms with Gasteiger partial charge in [0.25, 0.3) is 0 Å². The zero-order valence-corrected chi connectivity index (χ0v) is 9.43. The van der Waals surface area contributed by atoms with Crippen LogP contribution in [-0.2, 0) is 19.3 Å². The molecule has 0 amide bonds. The minimum atomic E-state index is -1.07. The van der Waals surface area contributed by atoms with Crippen molar-refractivity contribution in [3.05, 3.63) is 27.8 Å². The zero-order valence-electron chi connectivity index (χ0n) is 7.27. The second-order valence-corrected chi connectivity index (χ2v) is 3.77. The van der Waals surface area contributed by atoms with Crippen LogP contribution in [0.5, 0.6) is 0 Å². The van der Waals surface area contributed by atoms with Gasteiger partial charge in [0.15, 0.2) is 0 Å². The minimum Gasteiger partial charge on any atom is -0.338 e. The number of hydrazine groups is 1. The first kappa shape index (κ1) is 10.2. The summed E-state index contributed by atoms with van der Waals surface area (Å²) in [6.45, 7) is 0. The summed E-state index contributed by atoms with van der Waals surface area (Å²) >= 11 is 2.06. The van der Waals surface area contributed by atoms with Crippen LogP contribution < -0.4 is 10.8 Å². The van der Waals surface area contributed by atoms with Crippen LogP contribution in [0, 0.1) is 3.57 Å². The normalized spacial score (nSPS) is 15.9. The van der Waals surface area contributed by atoms with Gasteiger partial charge >= 0.3 is 11.9 Å². The van der Waals surface area contributed by atoms with E-state index < -0.39 is 11.9 Å². The molecule has 0 aliphatic carbocycles. The average Bonchev–Trinajstić information content (AvgIpc) is 2.23. The van der Waals surface area contributed by atoms with Crippen molar-refractivity contribution >= 4 is 40.2 Å². The zero-order chi connectivity index (χ0) is 10.8. The summed E-state index contributed by atoms with van der Waals surface area (Å²) in [4.78, 5) is 30.6. The largest absolute Gasteiger partial charge is 0.444 e. The highest BCUT2D eigenvalue weighted by Gasteiger charge is 2.29. The van der Waals surface area contributed by atoms with Crippen molar-refractivity contribution in [2.45, 2.75) is 0 Å². The van der Waals surface area contributed by atoms with Crippen molar-refractivity contribution in [2.24, 2.45) is 0 Å². The van der Waals surface area contributed by atoms with E-state index in [4.69, 9.17) is 0 Å². The molecular formula is C8H5IN2O4. The molecule has 0 bridgehead atoms. The van der Waals surface area contributed by atoms with Crippen molar-refractivity contribution in [3.63, 3.8) is 0 Å². The van der Waals surface area contributed by atoms with Gasteiger partial charge in [0.1, 0.15) is 5.69 Å². The first-order valence-corrected chi connectivity index (χ1v) is 5.00. The Bertz CT molecular complexity index is 423. The van der Waals surface area contributed by atoms with E-state index in [2.05, 4.69) is 37.9 Å². The van der Waals surface area contributed by atoms with Gasteiger partial charge in [-0.05, 0) is 40.3 Å². The molecule has 0 atom stereocenters. The van der Waals surface area contributed by atoms with E-state index in [1.165, 1.54) is 0 Å². The molecule has 1 aliphatic heterocycles. The summed E-state index contributed by atoms with van der Waals surface area (Å²) in [6, 6.07) is 7.13. The Morgan fingerprint density at radius 2 is 1.93 bits per heavy atom. The molecule has 6 nitrogen and oxygen atoms in total. The molecule has 7 heteroatoms. The molecule has 2 rings (SSSR count). The maximum absolute atomic E-state index is 10.9. The third-order valence-electron chi connectivity index (χ3n) is 1.63. The number of anilines is 1. The molecule has 0 unspecified atom stereocenters. The molecule has 0 radical (unpaired) electrons. The van der Waals surface area contributed by atoms with E-state index in [-0.39, 0.29) is 0 Å². The SMILES string of the molecule is O=C1ONN(c2ccccc2I)OC1=O. The van der Waals surface area contributed by atoms with Crippen LogP contribution in [0.3, 0.4) is 0 Å². The van der Waals surface area contributed by atoms with Crippen molar-refractivity contribution in [2.75, 3.05) is 5.17 Å². The lowest BCUT2D eigenvalue weighted by Crippen LogP contribution is -2.49. The molecule has 0 aromatic heterocycles. The third kappa shape index (κ3) is 2.02. The average molecular weight is 320 g/mol. The first-order valence-electron chi connectivity index (χ1n) is 3.92. The summed E-state index contributed by atoms with van der Waals surface area (Å²) in [5.74, 6) is -2.13. The van der Waals surface area contributed by atoms with Gasteiger partial charge in [-0.25, -0.2) is 9.59 Å². The Morgan fingerprint density at radius 3 is 2.60 bits per heavy atom. The Labute approximate surface area is 98.2 Å². The van der Waals surface area contributed by atoms with Gasteiger partial charge in [0.05, 0.1) is 0 Å². The number of rotatable bonds is 1. The van der Waals surface area contributed by atoms with Gasteiger partial charge in [-0.2, -0.15) is 0 Å². The molecule has 0 spiro atoms.